The van der Waals surface area contributed by atoms with Gasteiger partial charge < -0.3 is 14.5 Å². The fourth-order valence-corrected chi connectivity index (χ4v) is 8.80. The van der Waals surface area contributed by atoms with Crippen molar-refractivity contribution in [3.8, 4) is 11.5 Å². The van der Waals surface area contributed by atoms with E-state index in [4.69, 9.17) is 14.2 Å². The summed E-state index contributed by atoms with van der Waals surface area (Å²) in [5.74, 6) is 0.385. The Morgan fingerprint density at radius 1 is 0.853 bits per heavy atom. The molecule has 7 nitrogen and oxygen atoms in total. The lowest BCUT2D eigenvalue weighted by Crippen LogP contribution is -2.22. The first-order valence-electron chi connectivity index (χ1n) is 12.4. The Kier molecular flexibility index (Phi) is 9.01. The molecule has 0 radical (unpaired) electrons. The summed E-state index contributed by atoms with van der Waals surface area (Å²) in [4.78, 5) is 29.3. The van der Waals surface area contributed by atoms with Gasteiger partial charge in [0.25, 0.3) is 11.8 Å². The van der Waals surface area contributed by atoms with Crippen LogP contribution in [0, 0.1) is 0 Å². The number of aromatic nitrogens is 1. The van der Waals surface area contributed by atoms with E-state index in [1.165, 1.54) is 0 Å². The highest BCUT2D eigenvalue weighted by molar-refractivity contribution is 7.66. The van der Waals surface area contributed by atoms with E-state index in [0.29, 0.717) is 28.3 Å². The standard InChI is InChI=1S/C26H38N3O4P/c1-6-9-12-34(13-10-7-2,14-11-8-3)29-24-23(25(30)28-26(24)31)19-17-27-20-16-22(33-5)21(32-4)15-18(19)20/h15-17,27H,6-14H2,1-5H3,(H,28,30,31). The number of nitrogens with zero attached hydrogens (tertiary/aromatic N) is 1. The van der Waals surface area contributed by atoms with Crippen LogP contribution < -0.4 is 14.8 Å². The van der Waals surface area contributed by atoms with E-state index in [0.717, 1.165) is 67.9 Å². The number of unbranched alkanes of at least 4 members (excludes halogenated alkanes) is 3. The summed E-state index contributed by atoms with van der Waals surface area (Å²) in [6, 6.07) is 3.68. The molecular weight excluding hydrogens is 449 g/mol. The van der Waals surface area contributed by atoms with Gasteiger partial charge in [-0.05, 0) is 50.9 Å². The van der Waals surface area contributed by atoms with Crippen LogP contribution in [0.1, 0.15) is 64.9 Å². The SMILES string of the molecule is CCCCP(CCCC)(CCCC)=NC1=C(c2c[nH]c3cc(OC)c(OC)cc23)C(=O)NC1=O. The third-order valence-corrected chi connectivity index (χ3v) is 10.5. The molecule has 0 saturated heterocycles. The van der Waals surface area contributed by atoms with Crippen molar-refractivity contribution in [1.82, 2.24) is 10.3 Å². The highest BCUT2D eigenvalue weighted by Gasteiger charge is 2.34. The molecule has 2 aromatic rings. The number of carbonyl (C=O) groups is 2. The van der Waals surface area contributed by atoms with E-state index >= 15 is 0 Å². The number of methoxy groups -OCH3 is 2. The molecule has 1 aliphatic rings. The van der Waals surface area contributed by atoms with Crippen LogP contribution in [0.2, 0.25) is 0 Å². The Hall–Kier alpha value is -2.53. The predicted molar refractivity (Wildman–Crippen MR) is 140 cm³/mol. The van der Waals surface area contributed by atoms with Crippen molar-refractivity contribution >= 4 is 35.3 Å². The molecule has 0 atom stereocenters. The van der Waals surface area contributed by atoms with Crippen molar-refractivity contribution in [2.24, 2.45) is 4.74 Å². The van der Waals surface area contributed by atoms with Crippen molar-refractivity contribution in [2.75, 3.05) is 32.7 Å². The molecule has 3 rings (SSSR count). The maximum atomic E-state index is 13.0. The molecule has 0 bridgehead atoms. The molecule has 2 amide bonds. The van der Waals surface area contributed by atoms with Crippen molar-refractivity contribution in [1.29, 1.82) is 0 Å². The van der Waals surface area contributed by atoms with Gasteiger partial charge >= 0.3 is 0 Å². The lowest BCUT2D eigenvalue weighted by atomic mass is 10.0. The summed E-state index contributed by atoms with van der Waals surface area (Å²) < 4.78 is 16.2. The number of benzene rings is 1. The number of aromatic amines is 1. The Balaban J connectivity index is 2.24. The van der Waals surface area contributed by atoms with Crippen molar-refractivity contribution < 1.29 is 19.1 Å². The number of ether oxygens (including phenoxy) is 2. The minimum atomic E-state index is -1.79. The summed E-state index contributed by atoms with van der Waals surface area (Å²) in [7, 11) is 1.38. The van der Waals surface area contributed by atoms with Crippen LogP contribution >= 0.6 is 7.05 Å². The van der Waals surface area contributed by atoms with Crippen molar-refractivity contribution in [2.45, 2.75) is 59.3 Å². The van der Waals surface area contributed by atoms with Gasteiger partial charge in [-0.3, -0.25) is 19.7 Å². The second-order valence-electron chi connectivity index (χ2n) is 8.89. The highest BCUT2D eigenvalue weighted by Crippen LogP contribution is 2.54. The largest absolute Gasteiger partial charge is 0.493 e. The van der Waals surface area contributed by atoms with E-state index < -0.39 is 7.05 Å². The van der Waals surface area contributed by atoms with Gasteiger partial charge in [0.05, 0.1) is 19.8 Å². The Labute approximate surface area is 202 Å². The van der Waals surface area contributed by atoms with E-state index in [-0.39, 0.29) is 11.8 Å². The van der Waals surface area contributed by atoms with Gasteiger partial charge in [0, 0.05) is 28.7 Å². The third-order valence-electron chi connectivity index (χ3n) is 6.46. The second-order valence-corrected chi connectivity index (χ2v) is 12.6. The minimum Gasteiger partial charge on any atom is -0.493 e. The number of carbonyl (C=O) groups excluding carboxylic acids is 2. The summed E-state index contributed by atoms with van der Waals surface area (Å²) >= 11 is 0. The fraction of sp³-hybridized carbons (Fsp3) is 0.538. The van der Waals surface area contributed by atoms with Gasteiger partial charge in [0.2, 0.25) is 0 Å². The number of imide groups is 1. The molecule has 1 aromatic heterocycles. The average molecular weight is 488 g/mol. The van der Waals surface area contributed by atoms with Gasteiger partial charge in [-0.2, -0.15) is 0 Å². The topological polar surface area (TPSA) is 92.8 Å². The lowest BCUT2D eigenvalue weighted by Gasteiger charge is -2.25. The molecule has 0 aliphatic carbocycles. The monoisotopic (exact) mass is 487 g/mol. The zero-order valence-corrected chi connectivity index (χ0v) is 22.0. The molecule has 0 spiro atoms. The molecule has 34 heavy (non-hydrogen) atoms. The van der Waals surface area contributed by atoms with Crippen molar-refractivity contribution in [3.63, 3.8) is 0 Å². The Bertz CT molecular complexity index is 1100. The Morgan fingerprint density at radius 2 is 1.41 bits per heavy atom. The third kappa shape index (κ3) is 5.41. The quantitative estimate of drug-likeness (QED) is 0.262. The van der Waals surface area contributed by atoms with Gasteiger partial charge in [0.1, 0.15) is 5.70 Å². The normalized spacial score (nSPS) is 14.1. The van der Waals surface area contributed by atoms with Crippen LogP contribution in [0.3, 0.4) is 0 Å². The summed E-state index contributed by atoms with van der Waals surface area (Å²) in [5, 5.41) is 3.31. The van der Waals surface area contributed by atoms with Crippen LogP contribution in [0.5, 0.6) is 11.5 Å². The van der Waals surface area contributed by atoms with Crippen LogP contribution in [-0.2, 0) is 9.59 Å². The van der Waals surface area contributed by atoms with Gasteiger partial charge in [-0.15, -0.1) is 0 Å². The summed E-state index contributed by atoms with van der Waals surface area (Å²) in [6.45, 7) is 6.58. The summed E-state index contributed by atoms with van der Waals surface area (Å²) in [5.41, 5.74) is 2.13. The molecular formula is C26H38N3O4P. The number of hydrogen-bond acceptors (Lipinski definition) is 5. The van der Waals surface area contributed by atoms with Gasteiger partial charge in [-0.1, -0.05) is 40.0 Å². The Morgan fingerprint density at radius 3 is 1.94 bits per heavy atom. The fourth-order valence-electron chi connectivity index (χ4n) is 4.50. The molecule has 1 aromatic carbocycles. The molecule has 0 fully saturated rings. The van der Waals surface area contributed by atoms with Crippen LogP contribution in [0.25, 0.3) is 16.5 Å². The lowest BCUT2D eigenvalue weighted by molar-refractivity contribution is -0.123. The maximum absolute atomic E-state index is 13.0. The van der Waals surface area contributed by atoms with Gasteiger partial charge in [0.15, 0.2) is 11.5 Å². The molecule has 2 heterocycles. The molecule has 2 N–H and O–H groups in total. The first kappa shape index (κ1) is 26.1. The van der Waals surface area contributed by atoms with Crippen LogP contribution in [0.4, 0.5) is 0 Å². The number of hydrogen-bond donors (Lipinski definition) is 2. The first-order valence-corrected chi connectivity index (χ1v) is 14.7. The molecule has 0 unspecified atom stereocenters. The van der Waals surface area contributed by atoms with Crippen LogP contribution in [-0.4, -0.2) is 49.5 Å². The predicted octanol–water partition coefficient (Wildman–Crippen LogP) is 6.15. The average Bonchev–Trinajstić information content (AvgIpc) is 3.37. The number of rotatable bonds is 13. The smallest absolute Gasteiger partial charge is 0.277 e. The highest BCUT2D eigenvalue weighted by atomic mass is 31.2. The minimum absolute atomic E-state index is 0.303. The van der Waals surface area contributed by atoms with E-state index in [2.05, 4.69) is 31.1 Å². The van der Waals surface area contributed by atoms with Gasteiger partial charge in [-0.25, -0.2) is 0 Å². The maximum Gasteiger partial charge on any atom is 0.277 e. The molecule has 8 heteroatoms. The zero-order chi connectivity index (χ0) is 24.7. The first-order chi connectivity index (χ1) is 16.4. The zero-order valence-electron chi connectivity index (χ0n) is 21.1. The molecule has 1 aliphatic heterocycles. The second kappa shape index (κ2) is 11.7. The number of H-pyrrole nitrogens is 1. The van der Waals surface area contributed by atoms with Crippen molar-refractivity contribution in [3.05, 3.63) is 29.6 Å². The summed E-state index contributed by atoms with van der Waals surface area (Å²) in [6.07, 6.45) is 11.4. The van der Waals surface area contributed by atoms with E-state index in [1.807, 2.05) is 12.1 Å². The number of amides is 2. The molecule has 186 valence electrons. The number of nitrogens with one attached hydrogen (secondary N) is 2. The van der Waals surface area contributed by atoms with E-state index in [1.54, 1.807) is 20.4 Å². The van der Waals surface area contributed by atoms with Crippen LogP contribution in [0.15, 0.2) is 28.8 Å². The number of fused-ring (bicyclic) bond motifs is 1. The van der Waals surface area contributed by atoms with E-state index in [9.17, 15) is 9.59 Å². The molecule has 0 saturated carbocycles.